The normalized spacial score (nSPS) is 28.7. The van der Waals surface area contributed by atoms with Crippen molar-refractivity contribution in [3.8, 4) is 0 Å². The first-order valence-electron chi connectivity index (χ1n) is 11.6. The van der Waals surface area contributed by atoms with Gasteiger partial charge in [-0.3, -0.25) is 14.5 Å². The van der Waals surface area contributed by atoms with Crippen LogP contribution in [0, 0.1) is 0 Å². The van der Waals surface area contributed by atoms with Crippen LogP contribution in [0.4, 0.5) is 0 Å². The quantitative estimate of drug-likeness (QED) is 0.446. The predicted octanol–water partition coefficient (Wildman–Crippen LogP) is 2.75. The number of aliphatic hydroxyl groups excluding tert-OH is 2. The maximum atomic E-state index is 12.9. The number of aliphatic hydroxyl groups is 2. The Labute approximate surface area is 202 Å². The Morgan fingerprint density at radius 1 is 1.00 bits per heavy atom. The van der Waals surface area contributed by atoms with Gasteiger partial charge in [-0.25, -0.2) is 0 Å². The number of hydrogen-bond donors (Lipinski definition) is 2. The SMILES string of the molecule is CC1=C(C)C(=O)N([C@H]2[C@H](O[Si](C)(C)C(C)(C)C)O[C@H](COCc3ccccc3)[C@@H](O)[C@@H]2O)C1=O. The fraction of sp³-hybridized carbons (Fsp3) is 0.600. The molecule has 1 aromatic rings. The second-order valence-corrected chi connectivity index (χ2v) is 15.4. The fourth-order valence-electron chi connectivity index (χ4n) is 3.81. The van der Waals surface area contributed by atoms with Crippen LogP contribution in [-0.2, 0) is 30.1 Å². The van der Waals surface area contributed by atoms with Crippen molar-refractivity contribution in [1.29, 1.82) is 0 Å². The smallest absolute Gasteiger partial charge is 0.257 e. The molecular weight excluding hydrogens is 454 g/mol. The molecule has 2 amide bonds. The Hall–Kier alpha value is -1.88. The Kier molecular flexibility index (Phi) is 7.86. The van der Waals surface area contributed by atoms with Gasteiger partial charge in [0.15, 0.2) is 14.6 Å². The van der Waals surface area contributed by atoms with E-state index in [1.807, 2.05) is 43.4 Å². The molecule has 8 nitrogen and oxygen atoms in total. The molecule has 0 aliphatic carbocycles. The summed E-state index contributed by atoms with van der Waals surface area (Å²) >= 11 is 0. The third-order valence-corrected chi connectivity index (χ3v) is 11.7. The number of carbonyl (C=O) groups excluding carboxylic acids is 2. The van der Waals surface area contributed by atoms with Gasteiger partial charge in [0, 0.05) is 11.1 Å². The highest BCUT2D eigenvalue weighted by molar-refractivity contribution is 6.74. The number of amides is 2. The molecule has 1 aromatic carbocycles. The zero-order chi connectivity index (χ0) is 25.4. The highest BCUT2D eigenvalue weighted by atomic mass is 28.4. The number of imide groups is 1. The minimum absolute atomic E-state index is 0.00933. The Bertz CT molecular complexity index is 916. The minimum Gasteiger partial charge on any atom is -0.391 e. The second kappa shape index (κ2) is 10.0. The molecule has 5 atom stereocenters. The van der Waals surface area contributed by atoms with Gasteiger partial charge in [-0.15, -0.1) is 0 Å². The summed E-state index contributed by atoms with van der Waals surface area (Å²) in [6, 6.07) is 8.40. The van der Waals surface area contributed by atoms with Crippen molar-refractivity contribution >= 4 is 20.1 Å². The molecule has 0 saturated carbocycles. The second-order valence-electron chi connectivity index (χ2n) is 10.6. The number of nitrogens with zero attached hydrogens (tertiary/aromatic N) is 1. The van der Waals surface area contributed by atoms with Crippen LogP contribution in [-0.4, -0.2) is 72.5 Å². The maximum absolute atomic E-state index is 12.9. The van der Waals surface area contributed by atoms with Crippen LogP contribution in [0.2, 0.25) is 18.1 Å². The summed E-state index contributed by atoms with van der Waals surface area (Å²) < 4.78 is 18.4. The van der Waals surface area contributed by atoms with Crippen molar-refractivity contribution in [2.75, 3.05) is 6.61 Å². The Morgan fingerprint density at radius 2 is 1.56 bits per heavy atom. The Balaban J connectivity index is 1.85. The van der Waals surface area contributed by atoms with E-state index in [2.05, 4.69) is 20.8 Å². The number of rotatable bonds is 7. The molecule has 0 bridgehead atoms. The Morgan fingerprint density at radius 3 is 2.09 bits per heavy atom. The number of ether oxygens (including phenoxy) is 2. The van der Waals surface area contributed by atoms with Gasteiger partial charge in [0.1, 0.15) is 24.4 Å². The molecule has 2 heterocycles. The summed E-state index contributed by atoms with van der Waals surface area (Å²) in [6.45, 7) is 13.7. The van der Waals surface area contributed by atoms with E-state index in [-0.39, 0.29) is 11.6 Å². The van der Waals surface area contributed by atoms with Gasteiger partial charge in [0.05, 0.1) is 13.2 Å². The van der Waals surface area contributed by atoms with E-state index in [0.29, 0.717) is 17.8 Å². The maximum Gasteiger partial charge on any atom is 0.257 e. The van der Waals surface area contributed by atoms with E-state index in [4.69, 9.17) is 13.9 Å². The van der Waals surface area contributed by atoms with Crippen LogP contribution < -0.4 is 0 Å². The summed E-state index contributed by atoms with van der Waals surface area (Å²) in [4.78, 5) is 26.8. The average molecular weight is 492 g/mol. The molecule has 2 aliphatic rings. The first-order chi connectivity index (χ1) is 15.8. The van der Waals surface area contributed by atoms with E-state index in [1.165, 1.54) is 0 Å². The van der Waals surface area contributed by atoms with E-state index in [0.717, 1.165) is 10.5 Å². The lowest BCUT2D eigenvalue weighted by molar-refractivity contribution is -0.265. The van der Waals surface area contributed by atoms with Gasteiger partial charge in [0.25, 0.3) is 11.8 Å². The summed E-state index contributed by atoms with van der Waals surface area (Å²) in [5, 5.41) is 21.8. The molecule has 2 aliphatic heterocycles. The van der Waals surface area contributed by atoms with Crippen LogP contribution in [0.1, 0.15) is 40.2 Å². The van der Waals surface area contributed by atoms with Crippen molar-refractivity contribution in [3.63, 3.8) is 0 Å². The van der Waals surface area contributed by atoms with Crippen LogP contribution in [0.3, 0.4) is 0 Å². The molecule has 0 aromatic heterocycles. The van der Waals surface area contributed by atoms with Crippen molar-refractivity contribution < 1.29 is 33.7 Å². The number of benzene rings is 1. The highest BCUT2D eigenvalue weighted by Gasteiger charge is 2.55. The van der Waals surface area contributed by atoms with E-state index in [9.17, 15) is 19.8 Å². The van der Waals surface area contributed by atoms with E-state index < -0.39 is 50.8 Å². The van der Waals surface area contributed by atoms with Crippen molar-refractivity contribution in [1.82, 2.24) is 4.90 Å². The third-order valence-electron chi connectivity index (χ3n) is 7.22. The molecule has 1 saturated heterocycles. The topological polar surface area (TPSA) is 106 Å². The molecule has 9 heteroatoms. The molecule has 0 unspecified atom stereocenters. The first-order valence-corrected chi connectivity index (χ1v) is 14.5. The van der Waals surface area contributed by atoms with Gasteiger partial charge >= 0.3 is 0 Å². The molecule has 1 fully saturated rings. The monoisotopic (exact) mass is 491 g/mol. The molecule has 2 N–H and O–H groups in total. The van der Waals surface area contributed by atoms with Crippen LogP contribution in [0.25, 0.3) is 0 Å². The van der Waals surface area contributed by atoms with Crippen LogP contribution in [0.15, 0.2) is 41.5 Å². The third kappa shape index (κ3) is 5.19. The summed E-state index contributed by atoms with van der Waals surface area (Å²) in [7, 11) is -2.45. The molecule has 0 spiro atoms. The molecule has 0 radical (unpaired) electrons. The van der Waals surface area contributed by atoms with Crippen molar-refractivity contribution in [3.05, 3.63) is 47.0 Å². The van der Waals surface area contributed by atoms with Gasteiger partial charge in [-0.1, -0.05) is 51.1 Å². The largest absolute Gasteiger partial charge is 0.391 e. The van der Waals surface area contributed by atoms with Gasteiger partial charge in [-0.05, 0) is 37.5 Å². The number of hydrogen-bond acceptors (Lipinski definition) is 7. The molecular formula is C25H37NO7Si. The predicted molar refractivity (Wildman–Crippen MR) is 129 cm³/mol. The lowest BCUT2D eigenvalue weighted by atomic mass is 9.95. The molecule has 3 rings (SSSR count). The number of carbonyl (C=O) groups is 2. The highest BCUT2D eigenvalue weighted by Crippen LogP contribution is 2.40. The first kappa shape index (κ1) is 26.7. The molecule has 188 valence electrons. The van der Waals surface area contributed by atoms with Crippen LogP contribution in [0.5, 0.6) is 0 Å². The molecule has 34 heavy (non-hydrogen) atoms. The van der Waals surface area contributed by atoms with Crippen LogP contribution >= 0.6 is 0 Å². The van der Waals surface area contributed by atoms with Crippen molar-refractivity contribution in [2.45, 2.75) is 90.0 Å². The van der Waals surface area contributed by atoms with E-state index >= 15 is 0 Å². The van der Waals surface area contributed by atoms with Gasteiger partial charge in [-0.2, -0.15) is 0 Å². The van der Waals surface area contributed by atoms with E-state index in [1.54, 1.807) is 13.8 Å². The van der Waals surface area contributed by atoms with Gasteiger partial charge < -0.3 is 24.1 Å². The minimum atomic E-state index is -2.45. The van der Waals surface area contributed by atoms with Crippen molar-refractivity contribution in [2.24, 2.45) is 0 Å². The fourth-order valence-corrected chi connectivity index (χ4v) is 4.93. The standard InChI is InChI=1S/C25H37NO7Si/c1-15-16(2)23(30)26(22(15)29)19-21(28)20(27)18(14-31-13-17-11-9-8-10-12-17)32-24(19)33-34(6,7)25(3,4)5/h8-12,18-21,24,27-28H,13-14H2,1-7H3/t18-,19-,20-,21-,24+/m1/s1. The zero-order valence-electron chi connectivity index (χ0n) is 21.1. The average Bonchev–Trinajstić information content (AvgIpc) is 2.95. The lowest BCUT2D eigenvalue weighted by Gasteiger charge is -2.49. The lowest BCUT2D eigenvalue weighted by Crippen LogP contribution is -2.67. The zero-order valence-corrected chi connectivity index (χ0v) is 22.1. The summed E-state index contributed by atoms with van der Waals surface area (Å²) in [5.74, 6) is -1.02. The summed E-state index contributed by atoms with van der Waals surface area (Å²) in [5.41, 5.74) is 1.59. The van der Waals surface area contributed by atoms with Gasteiger partial charge in [0.2, 0.25) is 0 Å². The summed E-state index contributed by atoms with van der Waals surface area (Å²) in [6.07, 6.45) is -4.83.